The molecule has 1 rings (SSSR count). The summed E-state index contributed by atoms with van der Waals surface area (Å²) < 4.78 is 4.85. The van der Waals surface area contributed by atoms with Gasteiger partial charge in [0.2, 0.25) is 5.91 Å². The number of allylic oxidation sites excluding steroid dienone is 1. The lowest BCUT2D eigenvalue weighted by Gasteiger charge is -2.08. The summed E-state index contributed by atoms with van der Waals surface area (Å²) in [4.78, 5) is 23.0. The second-order valence-corrected chi connectivity index (χ2v) is 4.31. The van der Waals surface area contributed by atoms with Crippen LogP contribution in [0.25, 0.3) is 5.57 Å². The number of benzene rings is 1. The fourth-order valence-electron chi connectivity index (χ4n) is 1.68. The van der Waals surface area contributed by atoms with Crippen LogP contribution in [-0.2, 0) is 14.3 Å². The minimum Gasteiger partial charge on any atom is -0.462 e. The zero-order chi connectivity index (χ0) is 15.8. The molecule has 0 heterocycles. The molecule has 0 aliphatic rings. The Morgan fingerprint density at radius 1 is 1.24 bits per heavy atom. The molecule has 0 fully saturated rings. The van der Waals surface area contributed by atoms with Crippen molar-refractivity contribution in [2.24, 2.45) is 0 Å². The number of carbonyl (C=O) groups is 2. The Labute approximate surface area is 124 Å². The number of nitriles is 1. The van der Waals surface area contributed by atoms with Gasteiger partial charge in [-0.2, -0.15) is 5.26 Å². The van der Waals surface area contributed by atoms with Crippen molar-refractivity contribution in [3.05, 3.63) is 35.4 Å². The predicted molar refractivity (Wildman–Crippen MR) is 80.2 cm³/mol. The number of rotatable bonds is 5. The summed E-state index contributed by atoms with van der Waals surface area (Å²) in [5.41, 5.74) is 1.94. The van der Waals surface area contributed by atoms with Crippen molar-refractivity contribution in [2.75, 3.05) is 11.9 Å². The highest BCUT2D eigenvalue weighted by molar-refractivity contribution is 6.01. The van der Waals surface area contributed by atoms with Crippen LogP contribution in [0.3, 0.4) is 0 Å². The molecular weight excluding hydrogens is 268 g/mol. The number of nitrogens with one attached hydrogen (secondary N) is 1. The van der Waals surface area contributed by atoms with Crippen LogP contribution in [0.15, 0.2) is 29.8 Å². The summed E-state index contributed by atoms with van der Waals surface area (Å²) in [7, 11) is 0. The maximum Gasteiger partial charge on any atom is 0.349 e. The van der Waals surface area contributed by atoms with E-state index < -0.39 is 5.97 Å². The Kier molecular flexibility index (Phi) is 6.15. The fraction of sp³-hybridized carbons (Fsp3) is 0.312. The Hall–Kier alpha value is -2.61. The lowest BCUT2D eigenvalue weighted by atomic mass is 10.0. The first-order chi connectivity index (χ1) is 10.0. The summed E-state index contributed by atoms with van der Waals surface area (Å²) in [6.07, 6.45) is 0.405. The van der Waals surface area contributed by atoms with Crippen molar-refractivity contribution < 1.29 is 14.3 Å². The van der Waals surface area contributed by atoms with E-state index in [9.17, 15) is 9.59 Å². The van der Waals surface area contributed by atoms with Gasteiger partial charge in [0.25, 0.3) is 0 Å². The molecule has 0 bridgehead atoms. The predicted octanol–water partition coefficient (Wildman–Crippen LogP) is 2.90. The standard InChI is InChI=1S/C16H18N2O3/c1-4-15(19)18-13-8-6-12(7-9-13)11(3)14(10-17)16(20)21-5-2/h6-9H,4-5H2,1-3H3,(H,18,19)/b14-11+. The van der Waals surface area contributed by atoms with Gasteiger partial charge in [-0.15, -0.1) is 0 Å². The number of ether oxygens (including phenoxy) is 1. The molecular formula is C16H18N2O3. The lowest BCUT2D eigenvalue weighted by molar-refractivity contribution is -0.137. The van der Waals surface area contributed by atoms with E-state index in [2.05, 4.69) is 5.32 Å². The molecule has 1 N–H and O–H groups in total. The van der Waals surface area contributed by atoms with Gasteiger partial charge in [-0.05, 0) is 37.1 Å². The molecule has 0 saturated heterocycles. The Bertz CT molecular complexity index is 595. The van der Waals surface area contributed by atoms with Gasteiger partial charge in [0.1, 0.15) is 11.6 Å². The van der Waals surface area contributed by atoms with E-state index in [-0.39, 0.29) is 18.1 Å². The molecule has 21 heavy (non-hydrogen) atoms. The molecule has 0 spiro atoms. The van der Waals surface area contributed by atoms with Crippen LogP contribution in [0.4, 0.5) is 5.69 Å². The SMILES string of the molecule is CCOC(=O)/C(C#N)=C(\C)c1ccc(NC(=O)CC)cc1. The van der Waals surface area contributed by atoms with E-state index in [1.54, 1.807) is 45.0 Å². The third-order valence-corrected chi connectivity index (χ3v) is 2.89. The molecule has 1 aromatic carbocycles. The molecule has 0 saturated carbocycles. The van der Waals surface area contributed by atoms with Crippen molar-refractivity contribution >= 4 is 23.1 Å². The normalized spacial score (nSPS) is 11.1. The average Bonchev–Trinajstić information content (AvgIpc) is 2.48. The monoisotopic (exact) mass is 286 g/mol. The van der Waals surface area contributed by atoms with Crippen LogP contribution in [0.1, 0.15) is 32.8 Å². The van der Waals surface area contributed by atoms with Gasteiger partial charge in [0, 0.05) is 12.1 Å². The highest BCUT2D eigenvalue weighted by Crippen LogP contribution is 2.21. The van der Waals surface area contributed by atoms with Crippen molar-refractivity contribution in [1.29, 1.82) is 5.26 Å². The summed E-state index contributed by atoms with van der Waals surface area (Å²) in [6, 6.07) is 8.83. The van der Waals surface area contributed by atoms with E-state index in [1.165, 1.54) is 0 Å². The molecule has 5 heteroatoms. The number of amides is 1. The third-order valence-electron chi connectivity index (χ3n) is 2.89. The van der Waals surface area contributed by atoms with Crippen LogP contribution in [0.5, 0.6) is 0 Å². The van der Waals surface area contributed by atoms with Gasteiger partial charge in [-0.1, -0.05) is 19.1 Å². The molecule has 5 nitrogen and oxygen atoms in total. The first kappa shape index (κ1) is 16.4. The highest BCUT2D eigenvalue weighted by Gasteiger charge is 2.14. The number of hydrogen-bond acceptors (Lipinski definition) is 4. The number of anilines is 1. The molecule has 110 valence electrons. The van der Waals surface area contributed by atoms with Crippen molar-refractivity contribution in [2.45, 2.75) is 27.2 Å². The van der Waals surface area contributed by atoms with Crippen molar-refractivity contribution in [3.63, 3.8) is 0 Å². The van der Waals surface area contributed by atoms with Crippen LogP contribution >= 0.6 is 0 Å². The number of carbonyl (C=O) groups excluding carboxylic acids is 2. The first-order valence-corrected chi connectivity index (χ1v) is 6.71. The maximum atomic E-state index is 11.7. The van der Waals surface area contributed by atoms with E-state index in [4.69, 9.17) is 10.00 Å². The quantitative estimate of drug-likeness (QED) is 0.513. The minimum atomic E-state index is -0.624. The first-order valence-electron chi connectivity index (χ1n) is 6.71. The zero-order valence-corrected chi connectivity index (χ0v) is 12.4. The molecule has 1 aromatic rings. The van der Waals surface area contributed by atoms with E-state index >= 15 is 0 Å². The molecule has 0 aromatic heterocycles. The molecule has 0 atom stereocenters. The summed E-state index contributed by atoms with van der Waals surface area (Å²) in [5.74, 6) is -0.694. The highest BCUT2D eigenvalue weighted by atomic mass is 16.5. The van der Waals surface area contributed by atoms with Crippen molar-refractivity contribution in [1.82, 2.24) is 0 Å². The van der Waals surface area contributed by atoms with E-state index in [0.29, 0.717) is 17.7 Å². The smallest absolute Gasteiger partial charge is 0.349 e. The summed E-state index contributed by atoms with van der Waals surface area (Å²) in [5, 5.41) is 11.8. The molecule has 0 radical (unpaired) electrons. The van der Waals surface area contributed by atoms with Gasteiger partial charge >= 0.3 is 5.97 Å². The largest absolute Gasteiger partial charge is 0.462 e. The van der Waals surface area contributed by atoms with Gasteiger partial charge in [0.15, 0.2) is 0 Å². The van der Waals surface area contributed by atoms with Crippen LogP contribution < -0.4 is 5.32 Å². The van der Waals surface area contributed by atoms with Crippen molar-refractivity contribution in [3.8, 4) is 6.07 Å². The van der Waals surface area contributed by atoms with Gasteiger partial charge in [-0.25, -0.2) is 4.79 Å². The van der Waals surface area contributed by atoms with E-state index in [1.807, 2.05) is 6.07 Å². The van der Waals surface area contributed by atoms with Crippen LogP contribution in [0, 0.1) is 11.3 Å². The molecule has 0 unspecified atom stereocenters. The summed E-state index contributed by atoms with van der Waals surface area (Å²) >= 11 is 0. The molecule has 0 aliphatic carbocycles. The van der Waals surface area contributed by atoms with Crippen LogP contribution in [-0.4, -0.2) is 18.5 Å². The molecule has 1 amide bonds. The Morgan fingerprint density at radius 2 is 1.86 bits per heavy atom. The Balaban J connectivity index is 3.02. The number of hydrogen-bond donors (Lipinski definition) is 1. The topological polar surface area (TPSA) is 79.2 Å². The third kappa shape index (κ3) is 4.46. The molecule has 0 aliphatic heterocycles. The van der Waals surface area contributed by atoms with Gasteiger partial charge < -0.3 is 10.1 Å². The lowest BCUT2D eigenvalue weighted by Crippen LogP contribution is -2.09. The Morgan fingerprint density at radius 3 is 2.33 bits per heavy atom. The minimum absolute atomic E-state index is 0.0119. The second-order valence-electron chi connectivity index (χ2n) is 4.31. The van der Waals surface area contributed by atoms with Crippen LogP contribution in [0.2, 0.25) is 0 Å². The van der Waals surface area contributed by atoms with Gasteiger partial charge in [-0.3, -0.25) is 4.79 Å². The number of nitrogens with zero attached hydrogens (tertiary/aromatic N) is 1. The average molecular weight is 286 g/mol. The fourth-order valence-corrected chi connectivity index (χ4v) is 1.68. The van der Waals surface area contributed by atoms with Gasteiger partial charge in [0.05, 0.1) is 6.61 Å². The van der Waals surface area contributed by atoms with E-state index in [0.717, 1.165) is 5.56 Å². The second kappa shape index (κ2) is 7.85. The zero-order valence-electron chi connectivity index (χ0n) is 12.4. The summed E-state index contributed by atoms with van der Waals surface area (Å²) in [6.45, 7) is 5.37. The maximum absolute atomic E-state index is 11.7. The number of esters is 1.